The number of benzene rings is 1. The van der Waals surface area contributed by atoms with Gasteiger partial charge in [0.25, 0.3) is 0 Å². The molecular weight excluding hydrogens is 238 g/mol. The second-order valence-corrected chi connectivity index (χ2v) is 4.97. The fourth-order valence-electron chi connectivity index (χ4n) is 2.30. The summed E-state index contributed by atoms with van der Waals surface area (Å²) in [5, 5.41) is 21.4. The number of aryl methyl sites for hydroxylation is 1. The molecule has 0 aromatic heterocycles. The summed E-state index contributed by atoms with van der Waals surface area (Å²) in [6.45, 7) is 2.23. The van der Waals surface area contributed by atoms with Gasteiger partial charge in [-0.25, -0.2) is 0 Å². The van der Waals surface area contributed by atoms with Crippen molar-refractivity contribution < 1.29 is 10.3 Å². The fourth-order valence-corrected chi connectivity index (χ4v) is 2.30. The summed E-state index contributed by atoms with van der Waals surface area (Å²) < 4.78 is 0. The highest BCUT2D eigenvalue weighted by Crippen LogP contribution is 2.21. The maximum Gasteiger partial charge on any atom is 0.124 e. The average Bonchev–Trinajstić information content (AvgIpc) is 2.41. The van der Waals surface area contributed by atoms with Gasteiger partial charge in [-0.2, -0.15) is 0 Å². The lowest BCUT2D eigenvalue weighted by atomic mass is 10.00. The molecule has 19 heavy (non-hydrogen) atoms. The molecule has 0 unspecified atom stereocenters. The SMILES string of the molecule is CCCCCCCCCc1cccc(O)c1C=NO. The highest BCUT2D eigenvalue weighted by molar-refractivity contribution is 5.85. The zero-order valence-electron chi connectivity index (χ0n) is 11.8. The van der Waals surface area contributed by atoms with Gasteiger partial charge in [-0.3, -0.25) is 0 Å². The maximum atomic E-state index is 9.72. The summed E-state index contributed by atoms with van der Waals surface area (Å²) in [4.78, 5) is 0. The molecule has 1 rings (SSSR count). The number of aromatic hydroxyl groups is 1. The third kappa shape index (κ3) is 5.77. The van der Waals surface area contributed by atoms with E-state index in [1.807, 2.05) is 12.1 Å². The fraction of sp³-hybridized carbons (Fsp3) is 0.562. The van der Waals surface area contributed by atoms with Gasteiger partial charge < -0.3 is 10.3 Å². The van der Waals surface area contributed by atoms with E-state index >= 15 is 0 Å². The number of nitrogens with zero attached hydrogens (tertiary/aromatic N) is 1. The Balaban J connectivity index is 2.35. The average molecular weight is 263 g/mol. The van der Waals surface area contributed by atoms with E-state index in [1.165, 1.54) is 44.7 Å². The molecule has 3 heteroatoms. The molecule has 0 saturated carbocycles. The lowest BCUT2D eigenvalue weighted by molar-refractivity contribution is 0.321. The van der Waals surface area contributed by atoms with Gasteiger partial charge in [-0.05, 0) is 24.5 Å². The third-order valence-corrected chi connectivity index (χ3v) is 3.41. The largest absolute Gasteiger partial charge is 0.507 e. The molecule has 1 aromatic carbocycles. The zero-order chi connectivity index (χ0) is 13.9. The van der Waals surface area contributed by atoms with E-state index in [0.29, 0.717) is 5.56 Å². The van der Waals surface area contributed by atoms with Crippen LogP contribution in [0.5, 0.6) is 5.75 Å². The Morgan fingerprint density at radius 1 is 1.05 bits per heavy atom. The van der Waals surface area contributed by atoms with Crippen molar-refractivity contribution in [3.05, 3.63) is 29.3 Å². The highest BCUT2D eigenvalue weighted by atomic mass is 16.4. The lowest BCUT2D eigenvalue weighted by Gasteiger charge is -2.07. The topological polar surface area (TPSA) is 52.8 Å². The van der Waals surface area contributed by atoms with Gasteiger partial charge in [0.15, 0.2) is 0 Å². The molecule has 0 heterocycles. The minimum absolute atomic E-state index is 0.179. The van der Waals surface area contributed by atoms with Crippen LogP contribution in [0, 0.1) is 0 Å². The summed E-state index contributed by atoms with van der Waals surface area (Å²) in [6, 6.07) is 5.43. The number of unbranched alkanes of at least 4 members (excludes halogenated alkanes) is 6. The molecule has 0 saturated heterocycles. The number of oxime groups is 1. The molecule has 0 amide bonds. The zero-order valence-corrected chi connectivity index (χ0v) is 11.8. The Hall–Kier alpha value is -1.51. The number of hydrogen-bond donors (Lipinski definition) is 2. The van der Waals surface area contributed by atoms with Crippen LogP contribution in [-0.4, -0.2) is 16.5 Å². The van der Waals surface area contributed by atoms with Crippen molar-refractivity contribution >= 4 is 6.21 Å². The first-order chi connectivity index (χ1) is 9.29. The van der Waals surface area contributed by atoms with Crippen molar-refractivity contribution in [1.82, 2.24) is 0 Å². The minimum Gasteiger partial charge on any atom is -0.507 e. The summed E-state index contributed by atoms with van der Waals surface area (Å²) >= 11 is 0. The van der Waals surface area contributed by atoms with Crippen molar-refractivity contribution in [3.63, 3.8) is 0 Å². The van der Waals surface area contributed by atoms with E-state index in [0.717, 1.165) is 18.4 Å². The maximum absolute atomic E-state index is 9.72. The lowest BCUT2D eigenvalue weighted by Crippen LogP contribution is -1.94. The second kappa shape index (κ2) is 9.42. The van der Waals surface area contributed by atoms with Crippen molar-refractivity contribution in [2.75, 3.05) is 0 Å². The van der Waals surface area contributed by atoms with Crippen LogP contribution >= 0.6 is 0 Å². The number of phenols is 1. The van der Waals surface area contributed by atoms with Crippen LogP contribution < -0.4 is 0 Å². The van der Waals surface area contributed by atoms with Gasteiger partial charge in [0.05, 0.1) is 6.21 Å². The third-order valence-electron chi connectivity index (χ3n) is 3.41. The Morgan fingerprint density at radius 2 is 1.74 bits per heavy atom. The summed E-state index contributed by atoms with van der Waals surface area (Å²) in [6.07, 6.45) is 11.1. The van der Waals surface area contributed by atoms with Gasteiger partial charge in [0.2, 0.25) is 0 Å². The molecular formula is C16H25NO2. The quantitative estimate of drug-likeness (QED) is 0.298. The first-order valence-corrected chi connectivity index (χ1v) is 7.28. The van der Waals surface area contributed by atoms with Gasteiger partial charge in [-0.15, -0.1) is 0 Å². The monoisotopic (exact) mass is 263 g/mol. The van der Waals surface area contributed by atoms with Crippen molar-refractivity contribution in [1.29, 1.82) is 0 Å². The smallest absolute Gasteiger partial charge is 0.124 e. The highest BCUT2D eigenvalue weighted by Gasteiger charge is 2.05. The molecule has 3 nitrogen and oxygen atoms in total. The van der Waals surface area contributed by atoms with Gasteiger partial charge in [0.1, 0.15) is 5.75 Å². The van der Waals surface area contributed by atoms with Crippen LogP contribution in [0.1, 0.15) is 63.0 Å². The Morgan fingerprint density at radius 3 is 2.42 bits per heavy atom. The first-order valence-electron chi connectivity index (χ1n) is 7.28. The molecule has 0 atom stereocenters. The predicted octanol–water partition coefficient (Wildman–Crippen LogP) is 4.49. The number of phenolic OH excluding ortho intramolecular Hbond substituents is 1. The van der Waals surface area contributed by atoms with E-state index in [1.54, 1.807) is 6.07 Å². The normalized spacial score (nSPS) is 11.2. The Labute approximate surface area is 116 Å². The van der Waals surface area contributed by atoms with E-state index in [4.69, 9.17) is 5.21 Å². The standard InChI is InChI=1S/C16H25NO2/c1-2-3-4-5-6-7-8-10-14-11-9-12-16(18)15(14)13-17-19/h9,11-13,18-19H,2-8,10H2,1H3. The molecule has 0 aliphatic heterocycles. The van der Waals surface area contributed by atoms with Gasteiger partial charge in [0, 0.05) is 5.56 Å². The molecule has 0 spiro atoms. The summed E-state index contributed by atoms with van der Waals surface area (Å²) in [5.74, 6) is 0.179. The van der Waals surface area contributed by atoms with E-state index < -0.39 is 0 Å². The molecule has 0 aliphatic rings. The van der Waals surface area contributed by atoms with Crippen LogP contribution in [0.2, 0.25) is 0 Å². The first kappa shape index (κ1) is 15.5. The molecule has 0 aliphatic carbocycles. The van der Waals surface area contributed by atoms with E-state index in [9.17, 15) is 5.11 Å². The van der Waals surface area contributed by atoms with Crippen molar-refractivity contribution in [3.8, 4) is 5.75 Å². The molecule has 0 bridgehead atoms. The van der Waals surface area contributed by atoms with Crippen LogP contribution in [0.3, 0.4) is 0 Å². The molecule has 1 aromatic rings. The Bertz CT molecular complexity index is 388. The van der Waals surface area contributed by atoms with E-state index in [-0.39, 0.29) is 5.75 Å². The van der Waals surface area contributed by atoms with E-state index in [2.05, 4.69) is 12.1 Å². The van der Waals surface area contributed by atoms with Gasteiger partial charge >= 0.3 is 0 Å². The molecule has 0 radical (unpaired) electrons. The van der Waals surface area contributed by atoms with Crippen LogP contribution in [-0.2, 0) is 6.42 Å². The van der Waals surface area contributed by atoms with Crippen LogP contribution in [0.15, 0.2) is 23.4 Å². The van der Waals surface area contributed by atoms with Crippen LogP contribution in [0.25, 0.3) is 0 Å². The molecule has 106 valence electrons. The number of rotatable bonds is 9. The molecule has 0 fully saturated rings. The summed E-state index contributed by atoms with van der Waals surface area (Å²) in [7, 11) is 0. The summed E-state index contributed by atoms with van der Waals surface area (Å²) in [5.41, 5.74) is 1.68. The Kier molecular flexibility index (Phi) is 7.71. The number of hydrogen-bond acceptors (Lipinski definition) is 3. The van der Waals surface area contributed by atoms with Crippen LogP contribution in [0.4, 0.5) is 0 Å². The minimum atomic E-state index is 0.179. The molecule has 2 N–H and O–H groups in total. The predicted molar refractivity (Wildman–Crippen MR) is 79.2 cm³/mol. The van der Waals surface area contributed by atoms with Gasteiger partial charge in [-0.1, -0.05) is 62.7 Å². The van der Waals surface area contributed by atoms with Crippen molar-refractivity contribution in [2.45, 2.75) is 58.3 Å². The van der Waals surface area contributed by atoms with Crippen molar-refractivity contribution in [2.24, 2.45) is 5.16 Å². The second-order valence-electron chi connectivity index (χ2n) is 4.97.